The SMILES string of the molecule is CC(C)Cc1cc(=O)[nH]c(CCC(N)=O)n1. The lowest BCUT2D eigenvalue weighted by molar-refractivity contribution is -0.118. The molecule has 0 radical (unpaired) electrons. The van der Waals surface area contributed by atoms with Crippen molar-refractivity contribution in [1.82, 2.24) is 9.97 Å². The molecule has 0 aromatic carbocycles. The van der Waals surface area contributed by atoms with Crippen molar-refractivity contribution in [3.8, 4) is 0 Å². The molecule has 3 N–H and O–H groups in total. The second-order valence-corrected chi connectivity index (χ2v) is 4.25. The van der Waals surface area contributed by atoms with E-state index in [1.54, 1.807) is 0 Å². The molecule has 0 atom stereocenters. The monoisotopic (exact) mass is 223 g/mol. The number of aromatic amines is 1. The number of hydrogen-bond donors (Lipinski definition) is 2. The van der Waals surface area contributed by atoms with Gasteiger partial charge in [-0.3, -0.25) is 9.59 Å². The normalized spacial score (nSPS) is 10.7. The van der Waals surface area contributed by atoms with Crippen LogP contribution in [0.25, 0.3) is 0 Å². The Bertz CT molecular complexity index is 423. The van der Waals surface area contributed by atoms with Gasteiger partial charge in [0.2, 0.25) is 5.91 Å². The molecule has 0 saturated heterocycles. The molecule has 1 heterocycles. The first-order chi connectivity index (χ1) is 7.47. The maximum absolute atomic E-state index is 11.3. The van der Waals surface area contributed by atoms with Crippen LogP contribution in [0, 0.1) is 5.92 Å². The zero-order chi connectivity index (χ0) is 12.1. The molecule has 0 spiro atoms. The van der Waals surface area contributed by atoms with E-state index in [1.807, 2.05) is 0 Å². The largest absolute Gasteiger partial charge is 0.370 e. The van der Waals surface area contributed by atoms with Gasteiger partial charge < -0.3 is 10.7 Å². The van der Waals surface area contributed by atoms with Crippen molar-refractivity contribution in [2.24, 2.45) is 11.7 Å². The zero-order valence-electron chi connectivity index (χ0n) is 9.62. The second-order valence-electron chi connectivity index (χ2n) is 4.25. The van der Waals surface area contributed by atoms with Crippen molar-refractivity contribution in [3.63, 3.8) is 0 Å². The first-order valence-corrected chi connectivity index (χ1v) is 5.35. The maximum atomic E-state index is 11.3. The highest BCUT2D eigenvalue weighted by Gasteiger charge is 2.05. The van der Waals surface area contributed by atoms with Gasteiger partial charge in [0.15, 0.2) is 0 Å². The van der Waals surface area contributed by atoms with Crippen molar-refractivity contribution in [2.75, 3.05) is 0 Å². The van der Waals surface area contributed by atoms with Crippen molar-refractivity contribution < 1.29 is 4.79 Å². The lowest BCUT2D eigenvalue weighted by atomic mass is 10.1. The maximum Gasteiger partial charge on any atom is 0.251 e. The number of nitrogens with zero attached hydrogens (tertiary/aromatic N) is 1. The Kier molecular flexibility index (Phi) is 4.22. The van der Waals surface area contributed by atoms with Gasteiger partial charge in [-0.25, -0.2) is 4.98 Å². The van der Waals surface area contributed by atoms with E-state index >= 15 is 0 Å². The number of rotatable bonds is 5. The van der Waals surface area contributed by atoms with Gasteiger partial charge in [0.1, 0.15) is 5.82 Å². The van der Waals surface area contributed by atoms with Gasteiger partial charge in [0.25, 0.3) is 5.56 Å². The predicted molar refractivity (Wildman–Crippen MR) is 60.9 cm³/mol. The molecule has 0 aliphatic carbocycles. The predicted octanol–water partition coefficient (Wildman–Crippen LogP) is 0.386. The van der Waals surface area contributed by atoms with Crippen LogP contribution < -0.4 is 11.3 Å². The molecule has 16 heavy (non-hydrogen) atoms. The summed E-state index contributed by atoms with van der Waals surface area (Å²) >= 11 is 0. The van der Waals surface area contributed by atoms with Gasteiger partial charge in [-0.1, -0.05) is 13.8 Å². The Hall–Kier alpha value is -1.65. The fourth-order valence-electron chi connectivity index (χ4n) is 1.45. The van der Waals surface area contributed by atoms with E-state index in [4.69, 9.17) is 5.73 Å². The number of nitrogens with one attached hydrogen (secondary N) is 1. The van der Waals surface area contributed by atoms with Crippen molar-refractivity contribution in [2.45, 2.75) is 33.1 Å². The summed E-state index contributed by atoms with van der Waals surface area (Å²) in [6.45, 7) is 4.12. The Morgan fingerprint density at radius 1 is 1.56 bits per heavy atom. The van der Waals surface area contributed by atoms with E-state index in [-0.39, 0.29) is 12.0 Å². The van der Waals surface area contributed by atoms with E-state index < -0.39 is 5.91 Å². The lowest BCUT2D eigenvalue weighted by Crippen LogP contribution is -2.17. The molecular formula is C11H17N3O2. The molecule has 0 saturated carbocycles. The standard InChI is InChI=1S/C11H17N3O2/c1-7(2)5-8-6-11(16)14-10(13-8)4-3-9(12)15/h6-7H,3-5H2,1-2H3,(H2,12,15)(H,13,14,16). The number of hydrogen-bond acceptors (Lipinski definition) is 3. The van der Waals surface area contributed by atoms with Crippen LogP contribution in [0.4, 0.5) is 0 Å². The van der Waals surface area contributed by atoms with Crippen LogP contribution in [-0.4, -0.2) is 15.9 Å². The molecule has 1 aromatic heterocycles. The van der Waals surface area contributed by atoms with E-state index in [0.29, 0.717) is 18.2 Å². The van der Waals surface area contributed by atoms with Gasteiger partial charge >= 0.3 is 0 Å². The average Bonchev–Trinajstić information content (AvgIpc) is 2.12. The van der Waals surface area contributed by atoms with Gasteiger partial charge in [0.05, 0.1) is 0 Å². The van der Waals surface area contributed by atoms with Crippen LogP contribution >= 0.6 is 0 Å². The van der Waals surface area contributed by atoms with Crippen LogP contribution in [0.2, 0.25) is 0 Å². The Morgan fingerprint density at radius 2 is 2.25 bits per heavy atom. The fraction of sp³-hybridized carbons (Fsp3) is 0.545. The summed E-state index contributed by atoms with van der Waals surface area (Å²) in [5.41, 5.74) is 5.62. The number of nitrogens with two attached hydrogens (primary N) is 1. The minimum absolute atomic E-state index is 0.176. The van der Waals surface area contributed by atoms with Gasteiger partial charge in [0, 0.05) is 24.6 Å². The van der Waals surface area contributed by atoms with Gasteiger partial charge in [-0.05, 0) is 12.3 Å². The number of carbonyl (C=O) groups is 1. The van der Waals surface area contributed by atoms with Gasteiger partial charge in [-0.15, -0.1) is 0 Å². The minimum Gasteiger partial charge on any atom is -0.370 e. The van der Waals surface area contributed by atoms with Crippen LogP contribution in [0.3, 0.4) is 0 Å². The number of aromatic nitrogens is 2. The third kappa shape index (κ3) is 4.25. The first kappa shape index (κ1) is 12.4. The molecular weight excluding hydrogens is 206 g/mol. The summed E-state index contributed by atoms with van der Waals surface area (Å²) in [4.78, 5) is 28.8. The fourth-order valence-corrected chi connectivity index (χ4v) is 1.45. The van der Waals surface area contributed by atoms with Crippen molar-refractivity contribution in [3.05, 3.63) is 27.9 Å². The molecule has 5 nitrogen and oxygen atoms in total. The number of primary amides is 1. The molecule has 88 valence electrons. The summed E-state index contributed by atoms with van der Waals surface area (Å²) in [6, 6.07) is 1.49. The third-order valence-corrected chi connectivity index (χ3v) is 2.07. The number of H-pyrrole nitrogens is 1. The van der Waals surface area contributed by atoms with Crippen LogP contribution in [-0.2, 0) is 17.6 Å². The zero-order valence-corrected chi connectivity index (χ0v) is 9.62. The molecule has 0 aliphatic heterocycles. The summed E-state index contributed by atoms with van der Waals surface area (Å²) in [7, 11) is 0. The van der Waals surface area contributed by atoms with E-state index in [9.17, 15) is 9.59 Å². The molecule has 0 aliphatic rings. The molecule has 5 heteroatoms. The molecule has 1 aromatic rings. The van der Waals surface area contributed by atoms with Gasteiger partial charge in [-0.2, -0.15) is 0 Å². The lowest BCUT2D eigenvalue weighted by Gasteiger charge is -2.05. The third-order valence-electron chi connectivity index (χ3n) is 2.07. The quantitative estimate of drug-likeness (QED) is 0.756. The average molecular weight is 223 g/mol. The molecule has 0 bridgehead atoms. The Balaban J connectivity index is 2.81. The van der Waals surface area contributed by atoms with Crippen molar-refractivity contribution in [1.29, 1.82) is 0 Å². The smallest absolute Gasteiger partial charge is 0.251 e. The Labute approximate surface area is 94.1 Å². The summed E-state index contributed by atoms with van der Waals surface area (Å²) in [5.74, 6) is 0.581. The summed E-state index contributed by atoms with van der Waals surface area (Å²) < 4.78 is 0. The van der Waals surface area contributed by atoms with Crippen LogP contribution in [0.5, 0.6) is 0 Å². The summed E-state index contributed by atoms with van der Waals surface area (Å²) in [6.07, 6.45) is 1.35. The minimum atomic E-state index is -0.392. The molecule has 1 amide bonds. The van der Waals surface area contributed by atoms with E-state index in [0.717, 1.165) is 12.1 Å². The summed E-state index contributed by atoms with van der Waals surface area (Å²) in [5, 5.41) is 0. The highest BCUT2D eigenvalue weighted by molar-refractivity contribution is 5.73. The molecule has 0 unspecified atom stereocenters. The Morgan fingerprint density at radius 3 is 2.81 bits per heavy atom. The highest BCUT2D eigenvalue weighted by Crippen LogP contribution is 2.03. The molecule has 1 rings (SSSR count). The van der Waals surface area contributed by atoms with Crippen LogP contribution in [0.1, 0.15) is 31.8 Å². The van der Waals surface area contributed by atoms with Crippen molar-refractivity contribution >= 4 is 5.91 Å². The highest BCUT2D eigenvalue weighted by atomic mass is 16.1. The van der Waals surface area contributed by atoms with E-state index in [2.05, 4.69) is 23.8 Å². The number of carbonyl (C=O) groups excluding carboxylic acids is 1. The second kappa shape index (κ2) is 5.44. The first-order valence-electron chi connectivity index (χ1n) is 5.35. The number of aryl methyl sites for hydroxylation is 1. The number of amides is 1. The van der Waals surface area contributed by atoms with E-state index in [1.165, 1.54) is 6.07 Å². The topological polar surface area (TPSA) is 88.8 Å². The van der Waals surface area contributed by atoms with Crippen LogP contribution in [0.15, 0.2) is 10.9 Å². The molecule has 0 fully saturated rings.